The van der Waals surface area contributed by atoms with Crippen molar-refractivity contribution in [2.45, 2.75) is 70.9 Å². The number of piperidine rings is 2. The van der Waals surface area contributed by atoms with Gasteiger partial charge in [-0.2, -0.15) is 0 Å². The van der Waals surface area contributed by atoms with Gasteiger partial charge in [-0.05, 0) is 70.1 Å². The van der Waals surface area contributed by atoms with Crippen LogP contribution < -0.4 is 0 Å². The molecule has 5 nitrogen and oxygen atoms in total. The van der Waals surface area contributed by atoms with Crippen molar-refractivity contribution < 1.29 is 9.90 Å². The lowest BCUT2D eigenvalue weighted by atomic mass is 9.87. The van der Waals surface area contributed by atoms with Crippen LogP contribution in [0, 0.1) is 5.41 Å². The van der Waals surface area contributed by atoms with E-state index in [1.165, 1.54) is 38.8 Å². The number of nitrogens with zero attached hydrogens (tertiary/aromatic N) is 3. The molecule has 3 rings (SSSR count). The fourth-order valence-electron chi connectivity index (χ4n) is 4.85. The van der Waals surface area contributed by atoms with Crippen LogP contribution in [0.1, 0.15) is 59.3 Å². The predicted octanol–water partition coefficient (Wildman–Crippen LogP) is 1.95. The first kappa shape index (κ1) is 19.1. The van der Waals surface area contributed by atoms with Gasteiger partial charge < -0.3 is 14.9 Å². The van der Waals surface area contributed by atoms with Gasteiger partial charge in [0.2, 0.25) is 0 Å². The molecule has 0 aromatic rings. The molecule has 0 saturated carbocycles. The van der Waals surface area contributed by atoms with Gasteiger partial charge in [-0.3, -0.25) is 9.69 Å². The largest absolute Gasteiger partial charge is 0.379 e. The van der Waals surface area contributed by atoms with E-state index < -0.39 is 5.60 Å². The number of carbonyl (C=O) groups excluding carboxylic acids is 1. The second-order valence-corrected chi connectivity index (χ2v) is 9.67. The highest BCUT2D eigenvalue weighted by Crippen LogP contribution is 2.29. The molecular formula is C20H37N3O2. The number of hydrogen-bond acceptors (Lipinski definition) is 4. The first-order valence-electron chi connectivity index (χ1n) is 10.3. The molecule has 3 saturated heterocycles. The van der Waals surface area contributed by atoms with E-state index in [1.807, 2.05) is 4.90 Å². The summed E-state index contributed by atoms with van der Waals surface area (Å²) in [7, 11) is 0. The summed E-state index contributed by atoms with van der Waals surface area (Å²) in [6, 6.07) is 0.716. The zero-order valence-corrected chi connectivity index (χ0v) is 16.5. The average molecular weight is 352 g/mol. The van der Waals surface area contributed by atoms with E-state index in [-0.39, 0.29) is 11.3 Å². The van der Waals surface area contributed by atoms with Crippen molar-refractivity contribution in [2.75, 3.05) is 45.8 Å². The van der Waals surface area contributed by atoms with E-state index in [0.29, 0.717) is 19.0 Å². The van der Waals surface area contributed by atoms with Gasteiger partial charge in [0.1, 0.15) is 0 Å². The molecule has 5 heteroatoms. The SMILES string of the molecule is CC(C)(C)CN1CCCC(O)(CN2CCC(N3CCCC3)CC2)C1=O. The van der Waals surface area contributed by atoms with Gasteiger partial charge in [0, 0.05) is 25.7 Å². The van der Waals surface area contributed by atoms with E-state index in [1.54, 1.807) is 0 Å². The normalized spacial score (nSPS) is 31.0. The number of carbonyl (C=O) groups is 1. The molecule has 3 aliphatic heterocycles. The van der Waals surface area contributed by atoms with Gasteiger partial charge in [0.15, 0.2) is 5.60 Å². The minimum atomic E-state index is -1.18. The Labute approximate surface area is 153 Å². The van der Waals surface area contributed by atoms with Crippen molar-refractivity contribution in [3.63, 3.8) is 0 Å². The van der Waals surface area contributed by atoms with Crippen molar-refractivity contribution in [3.8, 4) is 0 Å². The highest BCUT2D eigenvalue weighted by atomic mass is 16.3. The quantitative estimate of drug-likeness (QED) is 0.841. The summed E-state index contributed by atoms with van der Waals surface area (Å²) < 4.78 is 0. The molecule has 0 aliphatic carbocycles. The van der Waals surface area contributed by atoms with Crippen LogP contribution >= 0.6 is 0 Å². The van der Waals surface area contributed by atoms with Crippen molar-refractivity contribution in [1.29, 1.82) is 0 Å². The highest BCUT2D eigenvalue weighted by Gasteiger charge is 2.44. The summed E-state index contributed by atoms with van der Waals surface area (Å²) in [6.45, 7) is 13.0. The molecule has 144 valence electrons. The summed E-state index contributed by atoms with van der Waals surface area (Å²) in [4.78, 5) is 19.8. The third-order valence-electron chi connectivity index (χ3n) is 6.07. The molecule has 0 radical (unpaired) electrons. The van der Waals surface area contributed by atoms with Crippen LogP contribution in [-0.2, 0) is 4.79 Å². The van der Waals surface area contributed by atoms with E-state index in [0.717, 1.165) is 32.6 Å². The van der Waals surface area contributed by atoms with Crippen molar-refractivity contribution >= 4 is 5.91 Å². The Morgan fingerprint density at radius 3 is 2.28 bits per heavy atom. The Bertz CT molecular complexity index is 462. The third-order valence-corrected chi connectivity index (χ3v) is 6.07. The molecule has 3 heterocycles. The Balaban J connectivity index is 1.53. The van der Waals surface area contributed by atoms with Crippen LogP contribution in [0.2, 0.25) is 0 Å². The summed E-state index contributed by atoms with van der Waals surface area (Å²) in [5.41, 5.74) is -1.11. The second-order valence-electron chi connectivity index (χ2n) is 9.67. The topological polar surface area (TPSA) is 47.0 Å². The van der Waals surface area contributed by atoms with Crippen molar-refractivity contribution in [1.82, 2.24) is 14.7 Å². The molecule has 0 aromatic heterocycles. The van der Waals surface area contributed by atoms with Crippen LogP contribution in [0.4, 0.5) is 0 Å². The standard InChI is InChI=1S/C20H37N3O2/c1-19(2,3)15-23-12-6-9-20(25,18(23)24)16-21-13-7-17(8-14-21)22-10-4-5-11-22/h17,25H,4-16H2,1-3H3. The van der Waals surface area contributed by atoms with Crippen LogP contribution in [-0.4, -0.2) is 83.2 Å². The van der Waals surface area contributed by atoms with Crippen LogP contribution in [0.5, 0.6) is 0 Å². The second kappa shape index (κ2) is 7.53. The molecule has 0 aromatic carbocycles. The molecule has 0 bridgehead atoms. The Hall–Kier alpha value is -0.650. The number of likely N-dealkylation sites (tertiary alicyclic amines) is 3. The van der Waals surface area contributed by atoms with Crippen LogP contribution in [0.25, 0.3) is 0 Å². The molecule has 1 N–H and O–H groups in total. The summed E-state index contributed by atoms with van der Waals surface area (Å²) in [5, 5.41) is 11.1. The molecule has 3 fully saturated rings. The Kier molecular flexibility index (Phi) is 5.76. The minimum absolute atomic E-state index is 0.0460. The molecule has 1 unspecified atom stereocenters. The summed E-state index contributed by atoms with van der Waals surface area (Å²) in [6.07, 6.45) is 6.56. The first-order valence-corrected chi connectivity index (χ1v) is 10.3. The lowest BCUT2D eigenvalue weighted by Crippen LogP contribution is -2.60. The summed E-state index contributed by atoms with van der Waals surface area (Å²) >= 11 is 0. The average Bonchev–Trinajstić information content (AvgIpc) is 3.06. The number of rotatable bonds is 4. The lowest BCUT2D eigenvalue weighted by Gasteiger charge is -2.44. The maximum atomic E-state index is 12.9. The zero-order chi connectivity index (χ0) is 18.1. The van der Waals surface area contributed by atoms with E-state index in [9.17, 15) is 9.90 Å². The fourth-order valence-corrected chi connectivity index (χ4v) is 4.85. The maximum absolute atomic E-state index is 12.9. The molecule has 1 amide bonds. The zero-order valence-electron chi connectivity index (χ0n) is 16.5. The van der Waals surface area contributed by atoms with Gasteiger partial charge >= 0.3 is 0 Å². The number of aliphatic hydroxyl groups is 1. The van der Waals surface area contributed by atoms with E-state index in [2.05, 4.69) is 30.6 Å². The molecule has 25 heavy (non-hydrogen) atoms. The smallest absolute Gasteiger partial charge is 0.255 e. The molecule has 1 atom stereocenters. The van der Waals surface area contributed by atoms with Gasteiger partial charge in [-0.1, -0.05) is 20.8 Å². The van der Waals surface area contributed by atoms with Gasteiger partial charge in [-0.25, -0.2) is 0 Å². The van der Waals surface area contributed by atoms with Crippen molar-refractivity contribution in [2.24, 2.45) is 5.41 Å². The fraction of sp³-hybridized carbons (Fsp3) is 0.950. The number of hydrogen-bond donors (Lipinski definition) is 1. The van der Waals surface area contributed by atoms with Crippen molar-refractivity contribution in [3.05, 3.63) is 0 Å². The van der Waals surface area contributed by atoms with E-state index in [4.69, 9.17) is 0 Å². The first-order chi connectivity index (χ1) is 11.8. The Morgan fingerprint density at radius 2 is 1.68 bits per heavy atom. The molecular weight excluding hydrogens is 314 g/mol. The van der Waals surface area contributed by atoms with E-state index >= 15 is 0 Å². The molecule has 3 aliphatic rings. The Morgan fingerprint density at radius 1 is 1.04 bits per heavy atom. The molecule has 0 spiro atoms. The van der Waals surface area contributed by atoms with Crippen LogP contribution in [0.3, 0.4) is 0 Å². The summed E-state index contributed by atoms with van der Waals surface area (Å²) in [5.74, 6) is -0.0460. The number of amides is 1. The third kappa shape index (κ3) is 4.75. The maximum Gasteiger partial charge on any atom is 0.255 e. The lowest BCUT2D eigenvalue weighted by molar-refractivity contribution is -0.161. The minimum Gasteiger partial charge on any atom is -0.379 e. The predicted molar refractivity (Wildman–Crippen MR) is 100 cm³/mol. The van der Waals surface area contributed by atoms with Gasteiger partial charge in [0.25, 0.3) is 5.91 Å². The highest BCUT2D eigenvalue weighted by molar-refractivity contribution is 5.86. The van der Waals surface area contributed by atoms with Gasteiger partial charge in [0.05, 0.1) is 0 Å². The van der Waals surface area contributed by atoms with Gasteiger partial charge in [-0.15, -0.1) is 0 Å². The van der Waals surface area contributed by atoms with Crippen LogP contribution in [0.15, 0.2) is 0 Å². The monoisotopic (exact) mass is 351 g/mol. The number of β-amino-alcohol motifs (C(OH)–C–C–N with tert-alkyl or cyclic N) is 1.